The molecule has 1 aliphatic heterocycles. The lowest BCUT2D eigenvalue weighted by molar-refractivity contribution is -0.0291. The van der Waals surface area contributed by atoms with E-state index in [4.69, 9.17) is 9.47 Å². The maximum atomic E-state index is 10.1. The summed E-state index contributed by atoms with van der Waals surface area (Å²) in [5, 5.41) is 22.7. The molecule has 5 nitrogen and oxygen atoms in total. The molecule has 3 atom stereocenters. The van der Waals surface area contributed by atoms with Crippen molar-refractivity contribution in [2.75, 3.05) is 32.9 Å². The van der Waals surface area contributed by atoms with Crippen LogP contribution in [0.2, 0.25) is 0 Å². The zero-order chi connectivity index (χ0) is 12.0. The third-order valence-electron chi connectivity index (χ3n) is 2.98. The SMILES string of the molecule is CCOCC(O)CNCC1(O)CCOC1C. The molecule has 1 rings (SSSR count). The summed E-state index contributed by atoms with van der Waals surface area (Å²) < 4.78 is 10.4. The highest BCUT2D eigenvalue weighted by Crippen LogP contribution is 2.24. The molecule has 5 heteroatoms. The van der Waals surface area contributed by atoms with Crippen molar-refractivity contribution in [1.82, 2.24) is 5.32 Å². The monoisotopic (exact) mass is 233 g/mol. The van der Waals surface area contributed by atoms with Crippen molar-refractivity contribution in [2.45, 2.75) is 38.1 Å². The second kappa shape index (κ2) is 6.51. The van der Waals surface area contributed by atoms with Crippen LogP contribution in [0.5, 0.6) is 0 Å². The maximum absolute atomic E-state index is 10.1. The molecule has 0 spiro atoms. The van der Waals surface area contributed by atoms with Crippen molar-refractivity contribution >= 4 is 0 Å². The quantitative estimate of drug-likeness (QED) is 0.554. The summed E-state index contributed by atoms with van der Waals surface area (Å²) >= 11 is 0. The van der Waals surface area contributed by atoms with Crippen molar-refractivity contribution in [3.8, 4) is 0 Å². The first-order valence-corrected chi connectivity index (χ1v) is 5.89. The normalized spacial score (nSPS) is 31.9. The molecular weight excluding hydrogens is 210 g/mol. The fourth-order valence-electron chi connectivity index (χ4n) is 1.77. The van der Waals surface area contributed by atoms with Gasteiger partial charge in [-0.3, -0.25) is 0 Å². The summed E-state index contributed by atoms with van der Waals surface area (Å²) in [4.78, 5) is 0. The van der Waals surface area contributed by atoms with E-state index in [0.717, 1.165) is 0 Å². The highest BCUT2D eigenvalue weighted by atomic mass is 16.5. The zero-order valence-corrected chi connectivity index (χ0v) is 10.1. The van der Waals surface area contributed by atoms with Crippen LogP contribution in [0.25, 0.3) is 0 Å². The van der Waals surface area contributed by atoms with Gasteiger partial charge in [0.25, 0.3) is 0 Å². The van der Waals surface area contributed by atoms with Crippen LogP contribution < -0.4 is 5.32 Å². The van der Waals surface area contributed by atoms with Crippen molar-refractivity contribution in [3.63, 3.8) is 0 Å². The fourth-order valence-corrected chi connectivity index (χ4v) is 1.77. The molecule has 0 aromatic rings. The van der Waals surface area contributed by atoms with Gasteiger partial charge < -0.3 is 25.0 Å². The van der Waals surface area contributed by atoms with E-state index >= 15 is 0 Å². The lowest BCUT2D eigenvalue weighted by Gasteiger charge is -2.26. The molecule has 1 aliphatic rings. The van der Waals surface area contributed by atoms with E-state index in [0.29, 0.717) is 39.3 Å². The molecule has 0 aromatic carbocycles. The summed E-state index contributed by atoms with van der Waals surface area (Å²) in [5.41, 5.74) is -0.800. The van der Waals surface area contributed by atoms with Crippen molar-refractivity contribution < 1.29 is 19.7 Å². The molecule has 0 amide bonds. The van der Waals surface area contributed by atoms with Crippen LogP contribution in [0.4, 0.5) is 0 Å². The Morgan fingerprint density at radius 3 is 2.94 bits per heavy atom. The van der Waals surface area contributed by atoms with E-state index in [-0.39, 0.29) is 6.10 Å². The van der Waals surface area contributed by atoms with Gasteiger partial charge in [0, 0.05) is 32.7 Å². The van der Waals surface area contributed by atoms with E-state index < -0.39 is 11.7 Å². The Morgan fingerprint density at radius 2 is 2.38 bits per heavy atom. The third kappa shape index (κ3) is 3.99. The molecule has 0 saturated carbocycles. The number of rotatable bonds is 7. The summed E-state index contributed by atoms with van der Waals surface area (Å²) in [7, 11) is 0. The molecule has 0 radical (unpaired) electrons. The van der Waals surface area contributed by atoms with Gasteiger partial charge in [-0.25, -0.2) is 0 Å². The molecule has 16 heavy (non-hydrogen) atoms. The van der Waals surface area contributed by atoms with Crippen LogP contribution in [-0.4, -0.2) is 60.9 Å². The minimum atomic E-state index is -0.800. The van der Waals surface area contributed by atoms with Crippen molar-refractivity contribution in [1.29, 1.82) is 0 Å². The van der Waals surface area contributed by atoms with Crippen LogP contribution in [0.3, 0.4) is 0 Å². The van der Waals surface area contributed by atoms with Crippen LogP contribution >= 0.6 is 0 Å². The maximum Gasteiger partial charge on any atom is 0.105 e. The number of hydrogen-bond acceptors (Lipinski definition) is 5. The molecule has 3 unspecified atom stereocenters. The van der Waals surface area contributed by atoms with Gasteiger partial charge in [-0.1, -0.05) is 0 Å². The highest BCUT2D eigenvalue weighted by molar-refractivity contribution is 4.91. The van der Waals surface area contributed by atoms with Gasteiger partial charge in [-0.15, -0.1) is 0 Å². The Hall–Kier alpha value is -0.200. The predicted molar refractivity (Wildman–Crippen MR) is 60.4 cm³/mol. The third-order valence-corrected chi connectivity index (χ3v) is 2.98. The lowest BCUT2D eigenvalue weighted by atomic mass is 9.97. The van der Waals surface area contributed by atoms with Crippen LogP contribution in [-0.2, 0) is 9.47 Å². The Morgan fingerprint density at radius 1 is 1.62 bits per heavy atom. The Balaban J connectivity index is 2.14. The average Bonchev–Trinajstić information content (AvgIpc) is 2.57. The van der Waals surface area contributed by atoms with Crippen LogP contribution in [0.15, 0.2) is 0 Å². The summed E-state index contributed by atoms with van der Waals surface area (Å²) in [5.74, 6) is 0. The zero-order valence-electron chi connectivity index (χ0n) is 10.1. The average molecular weight is 233 g/mol. The highest BCUT2D eigenvalue weighted by Gasteiger charge is 2.39. The van der Waals surface area contributed by atoms with Crippen LogP contribution in [0, 0.1) is 0 Å². The summed E-state index contributed by atoms with van der Waals surface area (Å²) in [6.45, 7) is 6.15. The molecule has 1 fully saturated rings. The number of aliphatic hydroxyl groups is 2. The number of hydrogen-bond donors (Lipinski definition) is 3. The van der Waals surface area contributed by atoms with E-state index in [1.165, 1.54) is 0 Å². The first kappa shape index (κ1) is 13.9. The first-order chi connectivity index (χ1) is 7.58. The standard InChI is InChI=1S/C11H23NO4/c1-3-15-7-10(13)6-12-8-11(14)4-5-16-9(11)2/h9-10,12-14H,3-8H2,1-2H3. The fraction of sp³-hybridized carbons (Fsp3) is 1.00. The minimum absolute atomic E-state index is 0.149. The van der Waals surface area contributed by atoms with Gasteiger partial charge in [0.15, 0.2) is 0 Å². The number of aliphatic hydroxyl groups excluding tert-OH is 1. The first-order valence-electron chi connectivity index (χ1n) is 5.89. The summed E-state index contributed by atoms with van der Waals surface area (Å²) in [6, 6.07) is 0. The topological polar surface area (TPSA) is 71.0 Å². The molecule has 96 valence electrons. The largest absolute Gasteiger partial charge is 0.389 e. The molecule has 1 saturated heterocycles. The Kier molecular flexibility index (Phi) is 5.64. The molecule has 0 bridgehead atoms. The second-order valence-electron chi connectivity index (χ2n) is 4.31. The minimum Gasteiger partial charge on any atom is -0.389 e. The van der Waals surface area contributed by atoms with E-state index in [9.17, 15) is 10.2 Å². The Labute approximate surface area is 96.7 Å². The van der Waals surface area contributed by atoms with Crippen molar-refractivity contribution in [3.05, 3.63) is 0 Å². The molecule has 1 heterocycles. The van der Waals surface area contributed by atoms with E-state index in [1.54, 1.807) is 0 Å². The molecular formula is C11H23NO4. The van der Waals surface area contributed by atoms with E-state index in [1.807, 2.05) is 13.8 Å². The van der Waals surface area contributed by atoms with Gasteiger partial charge in [0.1, 0.15) is 5.60 Å². The smallest absolute Gasteiger partial charge is 0.105 e. The van der Waals surface area contributed by atoms with Gasteiger partial charge in [-0.05, 0) is 13.8 Å². The van der Waals surface area contributed by atoms with E-state index in [2.05, 4.69) is 5.32 Å². The predicted octanol–water partition coefficient (Wildman–Crippen LogP) is -0.487. The second-order valence-corrected chi connectivity index (χ2v) is 4.31. The lowest BCUT2D eigenvalue weighted by Crippen LogP contribution is -2.47. The molecule has 3 N–H and O–H groups in total. The van der Waals surface area contributed by atoms with Gasteiger partial charge in [-0.2, -0.15) is 0 Å². The summed E-state index contributed by atoms with van der Waals surface area (Å²) in [6.07, 6.45) is -0.0341. The molecule has 0 aliphatic carbocycles. The number of nitrogens with one attached hydrogen (secondary N) is 1. The van der Waals surface area contributed by atoms with Gasteiger partial charge >= 0.3 is 0 Å². The molecule has 0 aromatic heterocycles. The van der Waals surface area contributed by atoms with Crippen LogP contribution in [0.1, 0.15) is 20.3 Å². The number of ether oxygens (including phenoxy) is 2. The van der Waals surface area contributed by atoms with Gasteiger partial charge in [0.2, 0.25) is 0 Å². The Bertz CT molecular complexity index is 202. The van der Waals surface area contributed by atoms with Gasteiger partial charge in [0.05, 0.1) is 18.8 Å². The van der Waals surface area contributed by atoms with Crippen molar-refractivity contribution in [2.24, 2.45) is 0 Å².